The Morgan fingerprint density at radius 3 is 1.73 bits per heavy atom. The fraction of sp³-hybridized carbons (Fsp3) is 0.640. The van der Waals surface area contributed by atoms with E-state index in [0.717, 1.165) is 68.6 Å². The fourth-order valence-electron chi connectivity index (χ4n) is 6.99. The van der Waals surface area contributed by atoms with E-state index in [-0.39, 0.29) is 18.7 Å². The number of aromatic nitrogens is 2. The molecule has 1 aliphatic heterocycles. The third-order valence-corrected chi connectivity index (χ3v) is 13.4. The van der Waals surface area contributed by atoms with Gasteiger partial charge in [-0.1, -0.05) is 164 Å². The van der Waals surface area contributed by atoms with Gasteiger partial charge in [-0.05, 0) is 57.4 Å². The number of allylic oxidation sites excluding steroid dienone is 12. The standard InChI is InChI=1S/C50H81N3O15P2/c1-3-5-7-9-11-13-15-17-18-19-20-21-22-24-26-28-30-32-34-36-46(55)66-42(39-63-45(54)35-33-31-29-27-25-23-16-14-12-10-8-6-4-2)40-64-69(59,60)68-70(61,62)65-41-43-47(56)48(57)49(67-43)53-38-37-44(51)52-50(53)58/h5,7,11,13,17-18,20-21,24,26,30,32,37-38,42-43,47-49,56-57H,3-4,6,8-10,12,14-16,19,22-23,25,27-29,31,33-36,39-41H2,1-2H3,(H,59,60)(H,61,62)(H2,51,52,58). The van der Waals surface area contributed by atoms with Gasteiger partial charge in [0.2, 0.25) is 0 Å². The molecule has 396 valence electrons. The Balaban J connectivity index is 1.84. The molecule has 0 spiro atoms. The molecule has 2 rings (SSSR count). The number of aliphatic hydroxyl groups is 2. The van der Waals surface area contributed by atoms with Crippen LogP contribution in [0.2, 0.25) is 0 Å². The van der Waals surface area contributed by atoms with E-state index in [2.05, 4.69) is 71.8 Å². The minimum atomic E-state index is -5.44. The number of phosphoric acid groups is 2. The molecule has 0 aromatic carbocycles. The van der Waals surface area contributed by atoms with Crippen molar-refractivity contribution in [3.8, 4) is 0 Å². The highest BCUT2D eigenvalue weighted by molar-refractivity contribution is 7.61. The van der Waals surface area contributed by atoms with Gasteiger partial charge in [0.1, 0.15) is 30.7 Å². The lowest BCUT2D eigenvalue weighted by molar-refractivity contribution is -0.161. The van der Waals surface area contributed by atoms with Crippen molar-refractivity contribution in [2.45, 2.75) is 186 Å². The van der Waals surface area contributed by atoms with Crippen molar-refractivity contribution in [2.75, 3.05) is 25.6 Å². The van der Waals surface area contributed by atoms with Gasteiger partial charge in [-0.3, -0.25) is 23.2 Å². The van der Waals surface area contributed by atoms with Crippen molar-refractivity contribution in [3.63, 3.8) is 0 Å². The van der Waals surface area contributed by atoms with Crippen LogP contribution < -0.4 is 11.4 Å². The highest BCUT2D eigenvalue weighted by atomic mass is 31.3. The lowest BCUT2D eigenvalue weighted by atomic mass is 10.0. The number of nitrogens with two attached hydrogens (primary N) is 1. The van der Waals surface area contributed by atoms with Crippen LogP contribution in [0, 0.1) is 0 Å². The van der Waals surface area contributed by atoms with E-state index in [1.165, 1.54) is 57.4 Å². The third kappa shape index (κ3) is 30.2. The molecule has 0 aliphatic carbocycles. The van der Waals surface area contributed by atoms with Crippen LogP contribution in [0.4, 0.5) is 5.82 Å². The molecule has 7 unspecified atom stereocenters. The minimum Gasteiger partial charge on any atom is -0.462 e. The van der Waals surface area contributed by atoms with E-state index < -0.39 is 83.7 Å². The number of nitrogens with zero attached hydrogens (tertiary/aromatic N) is 2. The number of ether oxygens (including phenoxy) is 3. The van der Waals surface area contributed by atoms with E-state index >= 15 is 0 Å². The first-order chi connectivity index (χ1) is 33.7. The first-order valence-corrected chi connectivity index (χ1v) is 27.9. The van der Waals surface area contributed by atoms with E-state index in [1.54, 1.807) is 0 Å². The van der Waals surface area contributed by atoms with Crippen LogP contribution in [-0.4, -0.2) is 85.7 Å². The van der Waals surface area contributed by atoms with E-state index in [9.17, 15) is 43.5 Å². The molecule has 20 heteroatoms. The summed E-state index contributed by atoms with van der Waals surface area (Å²) in [6.07, 6.45) is 38.6. The van der Waals surface area contributed by atoms with Gasteiger partial charge < -0.3 is 39.9 Å². The maximum absolute atomic E-state index is 12.8. The second-order valence-corrected chi connectivity index (χ2v) is 20.0. The average molecular weight is 1030 g/mol. The SMILES string of the molecule is CCC=CCC=CCC=CCC=CCC=CCC=CCCC(=O)OC(COC(=O)CCCCCCCCCCCCCCC)COP(=O)(O)OP(=O)(O)OCC1OC(n2ccc(N)nc2=O)C(O)C1O. The zero-order valence-corrected chi connectivity index (χ0v) is 43.1. The molecule has 18 nitrogen and oxygen atoms in total. The Bertz CT molecular complexity index is 1950. The van der Waals surface area contributed by atoms with E-state index in [1.807, 2.05) is 24.3 Å². The highest BCUT2D eigenvalue weighted by Gasteiger charge is 2.46. The van der Waals surface area contributed by atoms with Crippen molar-refractivity contribution >= 4 is 33.4 Å². The Morgan fingerprint density at radius 1 is 0.700 bits per heavy atom. The highest BCUT2D eigenvalue weighted by Crippen LogP contribution is 2.60. The molecule has 1 aromatic heterocycles. The summed E-state index contributed by atoms with van der Waals surface area (Å²) in [6, 6.07) is 1.24. The Kier molecular flexibility index (Phi) is 33.7. The van der Waals surface area contributed by atoms with Crippen LogP contribution in [0.1, 0.15) is 161 Å². The number of carbonyl (C=O) groups is 2. The predicted octanol–water partition coefficient (Wildman–Crippen LogP) is 10.1. The number of carbonyl (C=O) groups excluding carboxylic acids is 2. The third-order valence-electron chi connectivity index (χ3n) is 10.8. The van der Waals surface area contributed by atoms with Gasteiger partial charge in [-0.2, -0.15) is 9.29 Å². The number of unbranched alkanes of at least 4 members (excludes halogenated alkanes) is 12. The second-order valence-electron chi connectivity index (χ2n) is 16.9. The fourth-order valence-corrected chi connectivity index (χ4v) is 9.10. The van der Waals surface area contributed by atoms with Crippen LogP contribution in [0.5, 0.6) is 0 Å². The number of anilines is 1. The number of rotatable bonds is 40. The number of hydrogen-bond donors (Lipinski definition) is 5. The summed E-state index contributed by atoms with van der Waals surface area (Å²) in [4.78, 5) is 61.8. The summed E-state index contributed by atoms with van der Waals surface area (Å²) >= 11 is 0. The Hall–Kier alpha value is -3.80. The van der Waals surface area contributed by atoms with Gasteiger partial charge in [0.05, 0.1) is 13.2 Å². The first kappa shape index (κ1) is 62.3. The zero-order valence-electron chi connectivity index (χ0n) is 41.3. The summed E-state index contributed by atoms with van der Waals surface area (Å²) in [7, 11) is -10.9. The summed E-state index contributed by atoms with van der Waals surface area (Å²) < 4.78 is 56.6. The van der Waals surface area contributed by atoms with E-state index in [4.69, 9.17) is 29.0 Å². The maximum Gasteiger partial charge on any atom is 0.481 e. The number of esters is 2. The van der Waals surface area contributed by atoms with Gasteiger partial charge in [-0.25, -0.2) is 13.9 Å². The molecule has 2 heterocycles. The molecular weight excluding hydrogens is 945 g/mol. The van der Waals surface area contributed by atoms with Crippen LogP contribution in [0.3, 0.4) is 0 Å². The molecule has 1 aliphatic rings. The lowest BCUT2D eigenvalue weighted by Crippen LogP contribution is -2.36. The monoisotopic (exact) mass is 1030 g/mol. The number of aliphatic hydroxyl groups excluding tert-OH is 2. The summed E-state index contributed by atoms with van der Waals surface area (Å²) in [5.41, 5.74) is 4.58. The summed E-state index contributed by atoms with van der Waals surface area (Å²) in [5, 5.41) is 20.9. The van der Waals surface area contributed by atoms with Crippen LogP contribution in [0.15, 0.2) is 90.0 Å². The van der Waals surface area contributed by atoms with Gasteiger partial charge >= 0.3 is 33.3 Å². The lowest BCUT2D eigenvalue weighted by Gasteiger charge is -2.21. The largest absolute Gasteiger partial charge is 0.481 e. The van der Waals surface area contributed by atoms with Crippen molar-refractivity contribution in [3.05, 3.63) is 95.7 Å². The zero-order chi connectivity index (χ0) is 51.3. The molecule has 0 amide bonds. The number of nitrogen functional groups attached to an aromatic ring is 1. The molecule has 1 aromatic rings. The van der Waals surface area contributed by atoms with Crippen molar-refractivity contribution in [1.82, 2.24) is 9.55 Å². The second kappa shape index (κ2) is 37.9. The molecule has 0 radical (unpaired) electrons. The Labute approximate surface area is 415 Å². The minimum absolute atomic E-state index is 0.0767. The van der Waals surface area contributed by atoms with Gasteiger partial charge in [0.15, 0.2) is 12.3 Å². The number of phosphoric ester groups is 2. The maximum atomic E-state index is 12.8. The van der Waals surface area contributed by atoms with Crippen LogP contribution in [-0.2, 0) is 46.3 Å². The molecule has 0 bridgehead atoms. The first-order valence-electron chi connectivity index (χ1n) is 24.9. The van der Waals surface area contributed by atoms with Crippen molar-refractivity contribution < 1.29 is 66.3 Å². The average Bonchev–Trinajstić information content (AvgIpc) is 3.59. The smallest absolute Gasteiger partial charge is 0.462 e. The van der Waals surface area contributed by atoms with E-state index in [0.29, 0.717) is 19.3 Å². The predicted molar refractivity (Wildman–Crippen MR) is 270 cm³/mol. The number of hydrogen-bond acceptors (Lipinski definition) is 15. The molecule has 7 atom stereocenters. The molecule has 6 N–H and O–H groups in total. The van der Waals surface area contributed by atoms with Crippen molar-refractivity contribution in [2.24, 2.45) is 0 Å². The molecule has 1 fully saturated rings. The van der Waals surface area contributed by atoms with Gasteiger partial charge in [0, 0.05) is 19.0 Å². The molecule has 1 saturated heterocycles. The molecule has 0 saturated carbocycles. The summed E-state index contributed by atoms with van der Waals surface area (Å²) in [6.45, 7) is 1.96. The van der Waals surface area contributed by atoms with Crippen LogP contribution in [0.25, 0.3) is 0 Å². The van der Waals surface area contributed by atoms with Gasteiger partial charge in [0.25, 0.3) is 0 Å². The normalized spacial score (nSPS) is 19.9. The van der Waals surface area contributed by atoms with Gasteiger partial charge in [-0.15, -0.1) is 0 Å². The molecular formula is C50H81N3O15P2. The summed E-state index contributed by atoms with van der Waals surface area (Å²) in [5.74, 6) is -1.40. The Morgan fingerprint density at radius 2 is 1.20 bits per heavy atom. The van der Waals surface area contributed by atoms with Crippen molar-refractivity contribution in [1.29, 1.82) is 0 Å². The quantitative estimate of drug-likeness (QED) is 0.0177. The molecule has 70 heavy (non-hydrogen) atoms. The van der Waals surface area contributed by atoms with Crippen LogP contribution >= 0.6 is 15.6 Å². The topological polar surface area (TPSA) is 265 Å².